The van der Waals surface area contributed by atoms with Gasteiger partial charge in [-0.1, -0.05) is 0 Å². The number of likely N-dealkylation sites (N-methyl/N-ethyl adjacent to an activating group) is 1. The van der Waals surface area contributed by atoms with Crippen LogP contribution in [0.3, 0.4) is 0 Å². The van der Waals surface area contributed by atoms with E-state index >= 15 is 0 Å². The molecule has 1 aromatic carbocycles. The van der Waals surface area contributed by atoms with Gasteiger partial charge in [0.1, 0.15) is 12.6 Å². The third-order valence-corrected chi connectivity index (χ3v) is 8.14. The quantitative estimate of drug-likeness (QED) is 0.575. The molecule has 1 atom stereocenters. The summed E-state index contributed by atoms with van der Waals surface area (Å²) in [6.07, 6.45) is 5.82. The summed E-state index contributed by atoms with van der Waals surface area (Å²) < 4.78 is 0. The molecule has 4 aliphatic heterocycles. The van der Waals surface area contributed by atoms with Crippen LogP contribution in [0.2, 0.25) is 0 Å². The topological polar surface area (TPSA) is 79.4 Å². The van der Waals surface area contributed by atoms with Gasteiger partial charge in [-0.15, -0.1) is 0 Å². The maximum atomic E-state index is 13.6. The minimum Gasteiger partial charge on any atom is -0.358 e. The summed E-state index contributed by atoms with van der Waals surface area (Å²) in [7, 11) is 2.15. The number of carbonyl (C=O) groups is 3. The number of likely N-dealkylation sites (tertiary alicyclic amines) is 1. The molecule has 3 amide bonds. The fourth-order valence-corrected chi connectivity index (χ4v) is 5.96. The first-order valence-electron chi connectivity index (χ1n) is 13.7. The molecular formula is C27H40N6O3. The van der Waals surface area contributed by atoms with Crippen molar-refractivity contribution in [1.29, 1.82) is 0 Å². The standard InChI is InChI=1S/C27H40N6O3/c1-29-15-17-30(18-16-29)11-6-10-28-25(34)20-33-24-19-21(26(35)31-12-4-5-13-31)8-9-22(24)32-14-3-2-7-23(32)27(33)36/h8-9,19,23H,2-7,10-18,20H2,1H3,(H,28,34). The van der Waals surface area contributed by atoms with Crippen LogP contribution in [0.4, 0.5) is 11.4 Å². The van der Waals surface area contributed by atoms with Crippen molar-refractivity contribution in [3.8, 4) is 0 Å². The lowest BCUT2D eigenvalue weighted by molar-refractivity contribution is -0.125. The van der Waals surface area contributed by atoms with Crippen LogP contribution in [0.15, 0.2) is 18.2 Å². The zero-order chi connectivity index (χ0) is 25.1. The number of piperidine rings is 1. The molecule has 0 aliphatic carbocycles. The van der Waals surface area contributed by atoms with Gasteiger partial charge in [0.25, 0.3) is 5.91 Å². The molecule has 196 valence electrons. The monoisotopic (exact) mass is 496 g/mol. The fraction of sp³-hybridized carbons (Fsp3) is 0.667. The van der Waals surface area contributed by atoms with Gasteiger partial charge in [-0.05, 0) is 70.3 Å². The summed E-state index contributed by atoms with van der Waals surface area (Å²) in [4.78, 5) is 50.0. The van der Waals surface area contributed by atoms with E-state index in [1.165, 1.54) is 0 Å². The zero-order valence-corrected chi connectivity index (χ0v) is 21.6. The summed E-state index contributed by atoms with van der Waals surface area (Å²) >= 11 is 0. The molecule has 1 aromatic rings. The van der Waals surface area contributed by atoms with Crippen molar-refractivity contribution >= 4 is 29.1 Å². The number of amides is 3. The van der Waals surface area contributed by atoms with Crippen molar-refractivity contribution in [3.05, 3.63) is 23.8 Å². The van der Waals surface area contributed by atoms with E-state index in [9.17, 15) is 14.4 Å². The van der Waals surface area contributed by atoms with Crippen molar-refractivity contribution in [3.63, 3.8) is 0 Å². The second kappa shape index (κ2) is 11.2. The van der Waals surface area contributed by atoms with Gasteiger partial charge < -0.3 is 24.9 Å². The van der Waals surface area contributed by atoms with Gasteiger partial charge in [-0.25, -0.2) is 0 Å². The molecule has 0 aromatic heterocycles. The molecule has 9 heteroatoms. The molecule has 3 saturated heterocycles. The zero-order valence-electron chi connectivity index (χ0n) is 21.6. The van der Waals surface area contributed by atoms with Crippen LogP contribution in [0, 0.1) is 0 Å². The summed E-state index contributed by atoms with van der Waals surface area (Å²) in [6, 6.07) is 5.47. The van der Waals surface area contributed by atoms with Crippen LogP contribution < -0.4 is 15.1 Å². The normalized spacial score (nSPS) is 23.0. The van der Waals surface area contributed by atoms with Crippen LogP contribution in [0.5, 0.6) is 0 Å². The van der Waals surface area contributed by atoms with E-state index in [0.29, 0.717) is 17.8 Å². The number of piperazine rings is 1. The first-order valence-corrected chi connectivity index (χ1v) is 13.7. The van der Waals surface area contributed by atoms with E-state index in [1.807, 2.05) is 23.1 Å². The number of hydrogen-bond acceptors (Lipinski definition) is 6. The lowest BCUT2D eigenvalue weighted by atomic mass is 9.95. The first-order chi connectivity index (χ1) is 17.5. The maximum absolute atomic E-state index is 13.6. The number of rotatable bonds is 7. The van der Waals surface area contributed by atoms with Crippen molar-refractivity contribution in [2.24, 2.45) is 0 Å². The summed E-state index contributed by atoms with van der Waals surface area (Å²) in [5.74, 6) is -0.161. The van der Waals surface area contributed by atoms with Gasteiger partial charge in [-0.3, -0.25) is 19.3 Å². The molecule has 0 bridgehead atoms. The third-order valence-electron chi connectivity index (χ3n) is 8.14. The highest BCUT2D eigenvalue weighted by Crippen LogP contribution is 2.40. The van der Waals surface area contributed by atoms with Crippen molar-refractivity contribution in [2.75, 3.05) is 82.3 Å². The molecule has 9 nitrogen and oxygen atoms in total. The molecule has 1 unspecified atom stereocenters. The van der Waals surface area contributed by atoms with Gasteiger partial charge >= 0.3 is 0 Å². The highest BCUT2D eigenvalue weighted by molar-refractivity contribution is 6.09. The molecule has 4 heterocycles. The van der Waals surface area contributed by atoms with Crippen molar-refractivity contribution < 1.29 is 14.4 Å². The minimum atomic E-state index is -0.226. The Hall–Kier alpha value is -2.65. The highest BCUT2D eigenvalue weighted by Gasteiger charge is 2.40. The number of fused-ring (bicyclic) bond motifs is 3. The van der Waals surface area contributed by atoms with E-state index in [2.05, 4.69) is 27.1 Å². The Bertz CT molecular complexity index is 970. The molecule has 5 rings (SSSR count). The first kappa shape index (κ1) is 25.0. The lowest BCUT2D eigenvalue weighted by Crippen LogP contribution is -2.57. The van der Waals surface area contributed by atoms with Gasteiger partial charge in [0, 0.05) is 57.9 Å². The summed E-state index contributed by atoms with van der Waals surface area (Å²) in [5, 5.41) is 3.03. The number of nitrogens with one attached hydrogen (secondary N) is 1. The summed E-state index contributed by atoms with van der Waals surface area (Å²) in [6.45, 7) is 8.27. The number of anilines is 2. The average molecular weight is 497 g/mol. The second-order valence-corrected chi connectivity index (χ2v) is 10.7. The van der Waals surface area contributed by atoms with Crippen LogP contribution >= 0.6 is 0 Å². The molecule has 3 fully saturated rings. The number of nitrogens with zero attached hydrogens (tertiary/aromatic N) is 5. The summed E-state index contributed by atoms with van der Waals surface area (Å²) in [5.41, 5.74) is 2.24. The predicted octanol–water partition coefficient (Wildman–Crippen LogP) is 1.38. The fourth-order valence-electron chi connectivity index (χ4n) is 5.96. The van der Waals surface area contributed by atoms with Crippen LogP contribution in [-0.2, 0) is 9.59 Å². The van der Waals surface area contributed by atoms with Crippen LogP contribution in [-0.4, -0.2) is 111 Å². The largest absolute Gasteiger partial charge is 0.358 e. The molecule has 0 radical (unpaired) electrons. The SMILES string of the molecule is CN1CCN(CCCNC(=O)CN2C(=O)C3CCCCN3c3ccc(C(=O)N4CCCC4)cc32)CC1. The van der Waals surface area contributed by atoms with Gasteiger partial charge in [0.15, 0.2) is 0 Å². The molecule has 1 N–H and O–H groups in total. The number of hydrogen-bond donors (Lipinski definition) is 1. The van der Waals surface area contributed by atoms with E-state index in [4.69, 9.17) is 0 Å². The average Bonchev–Trinajstić information content (AvgIpc) is 3.44. The highest BCUT2D eigenvalue weighted by atomic mass is 16.2. The Kier molecular flexibility index (Phi) is 7.76. The lowest BCUT2D eigenvalue weighted by Gasteiger charge is -2.45. The Morgan fingerprint density at radius 3 is 2.47 bits per heavy atom. The molecule has 36 heavy (non-hydrogen) atoms. The Morgan fingerprint density at radius 2 is 1.69 bits per heavy atom. The Morgan fingerprint density at radius 1 is 0.944 bits per heavy atom. The van der Waals surface area contributed by atoms with Gasteiger partial charge in [0.2, 0.25) is 11.8 Å². The van der Waals surface area contributed by atoms with Gasteiger partial charge in [-0.2, -0.15) is 0 Å². The number of benzene rings is 1. The Labute approximate surface area is 214 Å². The second-order valence-electron chi connectivity index (χ2n) is 10.7. The molecule has 0 saturated carbocycles. The molecule has 4 aliphatic rings. The minimum absolute atomic E-state index is 0.00790. The van der Waals surface area contributed by atoms with Crippen LogP contribution in [0.25, 0.3) is 0 Å². The molecule has 0 spiro atoms. The number of carbonyl (C=O) groups excluding carboxylic acids is 3. The van der Waals surface area contributed by atoms with Crippen molar-refractivity contribution in [1.82, 2.24) is 20.0 Å². The predicted molar refractivity (Wildman–Crippen MR) is 140 cm³/mol. The van der Waals surface area contributed by atoms with E-state index in [-0.39, 0.29) is 30.3 Å². The van der Waals surface area contributed by atoms with Crippen molar-refractivity contribution in [2.45, 2.75) is 44.6 Å². The third kappa shape index (κ3) is 5.37. The van der Waals surface area contributed by atoms with E-state index in [0.717, 1.165) is 96.6 Å². The van der Waals surface area contributed by atoms with Gasteiger partial charge in [0.05, 0.1) is 11.4 Å². The Balaban J connectivity index is 1.26. The van der Waals surface area contributed by atoms with Crippen LogP contribution in [0.1, 0.15) is 48.9 Å². The smallest absolute Gasteiger partial charge is 0.253 e. The van der Waals surface area contributed by atoms with E-state index < -0.39 is 0 Å². The molecular weight excluding hydrogens is 456 g/mol. The maximum Gasteiger partial charge on any atom is 0.253 e. The van der Waals surface area contributed by atoms with E-state index in [1.54, 1.807) is 4.90 Å².